The van der Waals surface area contributed by atoms with Crippen molar-refractivity contribution in [2.24, 2.45) is 0 Å². The van der Waals surface area contributed by atoms with Gasteiger partial charge < -0.3 is 0 Å². The zero-order valence-corrected chi connectivity index (χ0v) is 4.10. The van der Waals surface area contributed by atoms with Crippen LogP contribution in [0, 0.1) is 0 Å². The Balaban J connectivity index is 3.17. The van der Waals surface area contributed by atoms with E-state index in [9.17, 15) is 8.78 Å². The molecule has 0 fully saturated rings. The molecule has 0 amide bonds. The van der Waals surface area contributed by atoms with E-state index in [1.807, 2.05) is 0 Å². The number of hydrogen-bond acceptors (Lipinski definition) is 0. The minimum Gasteiger partial charge on any atom is -0.206 e. The minimum atomic E-state index is -2.69. The summed E-state index contributed by atoms with van der Waals surface area (Å²) >= 11 is 4.73. The Hall–Kier alpha value is 0.150. The lowest BCUT2D eigenvalue weighted by molar-refractivity contribution is 0.0477. The first kappa shape index (κ1) is 6.15. The Bertz CT molecular complexity index is 38.5. The molecule has 0 bridgehead atoms. The van der Waals surface area contributed by atoms with Crippen molar-refractivity contribution in [2.75, 3.05) is 5.88 Å². The molecule has 0 radical (unpaired) electrons. The summed E-state index contributed by atoms with van der Waals surface area (Å²) in [6.45, 7) is 0.778. The zero-order chi connectivity index (χ0) is 5.21. The van der Waals surface area contributed by atoms with Crippen LogP contribution in [0.2, 0.25) is 0 Å². The fourth-order valence-corrected chi connectivity index (χ4v) is 0. The second-order valence-corrected chi connectivity index (χ2v) is 1.47. The summed E-state index contributed by atoms with van der Waals surface area (Å²) < 4.78 is 22.6. The van der Waals surface area contributed by atoms with Gasteiger partial charge in [-0.1, -0.05) is 0 Å². The summed E-state index contributed by atoms with van der Waals surface area (Å²) in [7, 11) is 0. The van der Waals surface area contributed by atoms with Crippen LogP contribution in [0.5, 0.6) is 0 Å². The van der Waals surface area contributed by atoms with Crippen molar-refractivity contribution in [3.05, 3.63) is 0 Å². The Labute approximate surface area is 40.1 Å². The Morgan fingerprint density at radius 1 is 1.67 bits per heavy atom. The van der Waals surface area contributed by atoms with E-state index in [4.69, 9.17) is 11.6 Å². The molecule has 0 aliphatic carbocycles. The molecule has 0 N–H and O–H groups in total. The van der Waals surface area contributed by atoms with E-state index >= 15 is 0 Å². The van der Waals surface area contributed by atoms with Crippen LogP contribution in [0.3, 0.4) is 0 Å². The van der Waals surface area contributed by atoms with Gasteiger partial charge in [0.1, 0.15) is 0 Å². The molecule has 3 heteroatoms. The van der Waals surface area contributed by atoms with E-state index in [1.54, 1.807) is 0 Å². The summed E-state index contributed by atoms with van der Waals surface area (Å²) in [5, 5.41) is 0. The predicted molar refractivity (Wildman–Crippen MR) is 21.3 cm³/mol. The molecule has 0 aromatic rings. The lowest BCUT2D eigenvalue weighted by Gasteiger charge is -2.00. The molecule has 0 nitrogen and oxygen atoms in total. The molecule has 38 valence electrons. The first-order valence-corrected chi connectivity index (χ1v) is 2.03. The molecule has 0 spiro atoms. The standard InChI is InChI=1S/C3H5ClF2/c1-3(5,6)2-4/h2H2,1H3. The highest BCUT2D eigenvalue weighted by Crippen LogP contribution is 2.11. The van der Waals surface area contributed by atoms with E-state index in [0.717, 1.165) is 6.92 Å². The van der Waals surface area contributed by atoms with Crippen molar-refractivity contribution in [1.82, 2.24) is 0 Å². The van der Waals surface area contributed by atoms with Gasteiger partial charge in [0.25, 0.3) is 5.92 Å². The van der Waals surface area contributed by atoms with E-state index in [0.29, 0.717) is 0 Å². The van der Waals surface area contributed by atoms with Crippen LogP contribution in [0.4, 0.5) is 8.78 Å². The number of rotatable bonds is 1. The molecule has 0 saturated heterocycles. The highest BCUT2D eigenvalue weighted by atomic mass is 35.5. The van der Waals surface area contributed by atoms with Crippen molar-refractivity contribution in [3.8, 4) is 0 Å². The summed E-state index contributed by atoms with van der Waals surface area (Å²) in [4.78, 5) is 0. The van der Waals surface area contributed by atoms with Gasteiger partial charge in [0.05, 0.1) is 5.88 Å². The van der Waals surface area contributed by atoms with Crippen LogP contribution >= 0.6 is 11.6 Å². The minimum absolute atomic E-state index is 0.590. The monoisotopic (exact) mass is 114 g/mol. The van der Waals surface area contributed by atoms with E-state index in [2.05, 4.69) is 0 Å². The summed E-state index contributed by atoms with van der Waals surface area (Å²) in [5.41, 5.74) is 0. The lowest BCUT2D eigenvalue weighted by Crippen LogP contribution is -2.10. The maximum absolute atomic E-state index is 11.3. The Morgan fingerprint density at radius 3 is 1.83 bits per heavy atom. The van der Waals surface area contributed by atoms with E-state index < -0.39 is 11.8 Å². The van der Waals surface area contributed by atoms with Crippen LogP contribution in [-0.2, 0) is 0 Å². The molecule has 0 aliphatic heterocycles. The zero-order valence-electron chi connectivity index (χ0n) is 3.34. The van der Waals surface area contributed by atoms with Gasteiger partial charge in [-0.25, -0.2) is 8.78 Å². The second-order valence-electron chi connectivity index (χ2n) is 1.20. The molecule has 6 heavy (non-hydrogen) atoms. The maximum atomic E-state index is 11.3. The third-order valence-corrected chi connectivity index (χ3v) is 0.704. The first-order chi connectivity index (χ1) is 2.56. The molecule has 0 unspecified atom stereocenters. The fourth-order valence-electron chi connectivity index (χ4n) is 0. The highest BCUT2D eigenvalue weighted by molar-refractivity contribution is 6.18. The van der Waals surface area contributed by atoms with Gasteiger partial charge in [-0.3, -0.25) is 0 Å². The largest absolute Gasteiger partial charge is 0.258 e. The highest BCUT2D eigenvalue weighted by Gasteiger charge is 2.17. The van der Waals surface area contributed by atoms with Crippen molar-refractivity contribution < 1.29 is 8.78 Å². The average Bonchev–Trinajstić information content (AvgIpc) is 1.35. The van der Waals surface area contributed by atoms with Crippen LogP contribution in [-0.4, -0.2) is 11.8 Å². The van der Waals surface area contributed by atoms with Crippen molar-refractivity contribution in [2.45, 2.75) is 12.8 Å². The van der Waals surface area contributed by atoms with Crippen LogP contribution in [0.15, 0.2) is 0 Å². The molecular weight excluding hydrogens is 109 g/mol. The quantitative estimate of drug-likeness (QED) is 0.457. The molecule has 0 saturated carbocycles. The summed E-state index contributed by atoms with van der Waals surface area (Å²) in [6.07, 6.45) is 0. The number of halogens is 3. The van der Waals surface area contributed by atoms with Crippen molar-refractivity contribution in [3.63, 3.8) is 0 Å². The average molecular weight is 115 g/mol. The third-order valence-electron chi connectivity index (χ3n) is 0.235. The third kappa shape index (κ3) is 4.15. The second kappa shape index (κ2) is 1.73. The molecule has 0 heterocycles. The lowest BCUT2D eigenvalue weighted by atomic mass is 10.5. The molecule has 0 aliphatic rings. The van der Waals surface area contributed by atoms with Crippen LogP contribution in [0.25, 0.3) is 0 Å². The first-order valence-electron chi connectivity index (χ1n) is 1.50. The number of hydrogen-bond donors (Lipinski definition) is 0. The normalized spacial score (nSPS) is 12.0. The Kier molecular flexibility index (Phi) is 1.78. The van der Waals surface area contributed by atoms with Crippen molar-refractivity contribution in [1.29, 1.82) is 0 Å². The Morgan fingerprint density at radius 2 is 1.83 bits per heavy atom. The van der Waals surface area contributed by atoms with Gasteiger partial charge in [-0.05, 0) is 0 Å². The topological polar surface area (TPSA) is 0 Å². The van der Waals surface area contributed by atoms with Gasteiger partial charge in [0.2, 0.25) is 0 Å². The van der Waals surface area contributed by atoms with Crippen molar-refractivity contribution >= 4 is 11.6 Å². The fraction of sp³-hybridized carbons (Fsp3) is 1.00. The van der Waals surface area contributed by atoms with Crippen LogP contribution < -0.4 is 0 Å². The molecule has 0 aromatic heterocycles. The number of alkyl halides is 3. The van der Waals surface area contributed by atoms with Gasteiger partial charge in [-0.15, -0.1) is 11.6 Å². The van der Waals surface area contributed by atoms with E-state index in [-0.39, 0.29) is 0 Å². The van der Waals surface area contributed by atoms with Gasteiger partial charge >= 0.3 is 0 Å². The molecular formula is C3H5ClF2. The maximum Gasteiger partial charge on any atom is 0.258 e. The SMILES string of the molecule is CC(F)(F)CCl. The van der Waals surface area contributed by atoms with Gasteiger partial charge in [-0.2, -0.15) is 0 Å². The van der Waals surface area contributed by atoms with Crippen LogP contribution in [0.1, 0.15) is 6.92 Å². The molecule has 0 atom stereocenters. The van der Waals surface area contributed by atoms with Gasteiger partial charge in [0.15, 0.2) is 0 Å². The van der Waals surface area contributed by atoms with E-state index in [1.165, 1.54) is 0 Å². The summed E-state index contributed by atoms with van der Waals surface area (Å²) in [6, 6.07) is 0. The molecule has 0 aromatic carbocycles. The molecule has 0 rings (SSSR count). The summed E-state index contributed by atoms with van der Waals surface area (Å²) in [5.74, 6) is -3.28. The van der Waals surface area contributed by atoms with Gasteiger partial charge in [0, 0.05) is 6.92 Å². The predicted octanol–water partition coefficient (Wildman–Crippen LogP) is 1.88. The smallest absolute Gasteiger partial charge is 0.206 e.